The largest absolute Gasteiger partial charge is 0.493 e. The van der Waals surface area contributed by atoms with E-state index in [1.165, 1.54) is 7.11 Å². The number of nitrogens with one attached hydrogen (secondary N) is 1. The zero-order chi connectivity index (χ0) is 17.5. The number of hydrogen-bond acceptors (Lipinski definition) is 4. The number of rotatable bonds is 8. The first kappa shape index (κ1) is 18.4. The van der Waals surface area contributed by atoms with Crippen molar-refractivity contribution in [3.8, 4) is 11.5 Å². The number of amides is 2. The van der Waals surface area contributed by atoms with Crippen LogP contribution in [0.15, 0.2) is 12.1 Å². The highest BCUT2D eigenvalue weighted by atomic mass is 35.5. The molecule has 2 amide bonds. The number of benzene rings is 1. The molecule has 1 fully saturated rings. The lowest BCUT2D eigenvalue weighted by Crippen LogP contribution is -2.30. The van der Waals surface area contributed by atoms with E-state index in [0.29, 0.717) is 48.2 Å². The molecule has 0 atom stereocenters. The highest BCUT2D eigenvalue weighted by molar-refractivity contribution is 6.32. The second-order valence-electron chi connectivity index (χ2n) is 5.52. The molecular weight excluding hydrogens is 332 g/mol. The lowest BCUT2D eigenvalue weighted by Gasteiger charge is -2.16. The number of ether oxygens (including phenoxy) is 2. The van der Waals surface area contributed by atoms with Crippen molar-refractivity contribution in [2.24, 2.45) is 0 Å². The molecule has 1 saturated heterocycles. The molecule has 0 unspecified atom stereocenters. The van der Waals surface area contributed by atoms with E-state index in [9.17, 15) is 9.59 Å². The van der Waals surface area contributed by atoms with E-state index in [0.717, 1.165) is 19.4 Å². The van der Waals surface area contributed by atoms with Gasteiger partial charge >= 0.3 is 0 Å². The SMILES string of the molecule is CCOc1c(Cl)cc(C(=O)NCCCN2CCCC2=O)cc1OC. The van der Waals surface area contributed by atoms with Gasteiger partial charge in [-0.05, 0) is 31.9 Å². The Hall–Kier alpha value is -1.95. The molecule has 0 radical (unpaired) electrons. The maximum Gasteiger partial charge on any atom is 0.251 e. The fraction of sp³-hybridized carbons (Fsp3) is 0.529. The monoisotopic (exact) mass is 354 g/mol. The van der Waals surface area contributed by atoms with Crippen molar-refractivity contribution in [3.05, 3.63) is 22.7 Å². The van der Waals surface area contributed by atoms with Gasteiger partial charge in [-0.15, -0.1) is 0 Å². The highest BCUT2D eigenvalue weighted by Crippen LogP contribution is 2.36. The molecule has 0 saturated carbocycles. The van der Waals surface area contributed by atoms with Crippen molar-refractivity contribution in [1.82, 2.24) is 10.2 Å². The van der Waals surface area contributed by atoms with Gasteiger partial charge in [0.25, 0.3) is 5.91 Å². The van der Waals surface area contributed by atoms with E-state index in [2.05, 4.69) is 5.32 Å². The predicted octanol–water partition coefficient (Wildman–Crippen LogP) is 2.49. The van der Waals surface area contributed by atoms with Crippen molar-refractivity contribution in [3.63, 3.8) is 0 Å². The van der Waals surface area contributed by atoms with Gasteiger partial charge in [0.1, 0.15) is 0 Å². The summed E-state index contributed by atoms with van der Waals surface area (Å²) in [4.78, 5) is 25.6. The second-order valence-corrected chi connectivity index (χ2v) is 5.92. The molecule has 1 heterocycles. The van der Waals surface area contributed by atoms with Crippen LogP contribution in [0.2, 0.25) is 5.02 Å². The zero-order valence-corrected chi connectivity index (χ0v) is 14.8. The summed E-state index contributed by atoms with van der Waals surface area (Å²) in [7, 11) is 1.50. The summed E-state index contributed by atoms with van der Waals surface area (Å²) in [6.45, 7) is 4.29. The Labute approximate surface area is 147 Å². The molecular formula is C17H23ClN2O4. The van der Waals surface area contributed by atoms with Crippen LogP contribution in [0.3, 0.4) is 0 Å². The molecule has 0 spiro atoms. The predicted molar refractivity (Wildman–Crippen MR) is 91.9 cm³/mol. The van der Waals surface area contributed by atoms with E-state index < -0.39 is 0 Å². The Morgan fingerprint density at radius 1 is 1.42 bits per heavy atom. The van der Waals surface area contributed by atoms with Crippen molar-refractivity contribution < 1.29 is 19.1 Å². The Kier molecular flexibility index (Phi) is 6.73. The minimum absolute atomic E-state index is 0.198. The maximum absolute atomic E-state index is 12.2. The molecule has 7 heteroatoms. The first-order chi connectivity index (χ1) is 11.6. The normalized spacial score (nSPS) is 14.0. The fourth-order valence-electron chi connectivity index (χ4n) is 2.65. The van der Waals surface area contributed by atoms with E-state index in [-0.39, 0.29) is 11.8 Å². The van der Waals surface area contributed by atoms with Crippen LogP contribution in [0.5, 0.6) is 11.5 Å². The third-order valence-electron chi connectivity index (χ3n) is 3.84. The van der Waals surface area contributed by atoms with Crippen LogP contribution >= 0.6 is 11.6 Å². The Morgan fingerprint density at radius 2 is 2.21 bits per heavy atom. The summed E-state index contributed by atoms with van der Waals surface area (Å²) in [5.74, 6) is 0.832. The molecule has 132 valence electrons. The van der Waals surface area contributed by atoms with Gasteiger partial charge in [0.2, 0.25) is 5.91 Å². The number of carbonyl (C=O) groups is 2. The lowest BCUT2D eigenvalue weighted by molar-refractivity contribution is -0.127. The average Bonchev–Trinajstić information content (AvgIpc) is 2.98. The van der Waals surface area contributed by atoms with Crippen LogP contribution in [-0.4, -0.2) is 50.1 Å². The van der Waals surface area contributed by atoms with Crippen LogP contribution in [0, 0.1) is 0 Å². The minimum atomic E-state index is -0.231. The van der Waals surface area contributed by atoms with Gasteiger partial charge in [0.15, 0.2) is 11.5 Å². The fourth-order valence-corrected chi connectivity index (χ4v) is 2.91. The van der Waals surface area contributed by atoms with Crippen molar-refractivity contribution in [2.45, 2.75) is 26.2 Å². The topological polar surface area (TPSA) is 67.9 Å². The van der Waals surface area contributed by atoms with Crippen LogP contribution < -0.4 is 14.8 Å². The van der Waals surface area contributed by atoms with Gasteiger partial charge in [-0.1, -0.05) is 11.6 Å². The third kappa shape index (κ3) is 4.54. The van der Waals surface area contributed by atoms with Crippen LogP contribution in [0.25, 0.3) is 0 Å². The van der Waals surface area contributed by atoms with E-state index >= 15 is 0 Å². The van der Waals surface area contributed by atoms with Crippen molar-refractivity contribution >= 4 is 23.4 Å². The summed E-state index contributed by atoms with van der Waals surface area (Å²) in [5, 5.41) is 3.17. The lowest BCUT2D eigenvalue weighted by atomic mass is 10.2. The molecule has 6 nitrogen and oxygen atoms in total. The smallest absolute Gasteiger partial charge is 0.251 e. The third-order valence-corrected chi connectivity index (χ3v) is 4.12. The van der Waals surface area contributed by atoms with Crippen molar-refractivity contribution in [2.75, 3.05) is 33.4 Å². The zero-order valence-electron chi connectivity index (χ0n) is 14.1. The van der Waals surface area contributed by atoms with Crippen LogP contribution in [-0.2, 0) is 4.79 Å². The molecule has 1 N–H and O–H groups in total. The molecule has 24 heavy (non-hydrogen) atoms. The standard InChI is InChI=1S/C17H23ClN2O4/c1-3-24-16-13(18)10-12(11-14(16)23-2)17(22)19-7-5-9-20-8-4-6-15(20)21/h10-11H,3-9H2,1-2H3,(H,19,22). The summed E-state index contributed by atoms with van der Waals surface area (Å²) in [5.41, 5.74) is 0.414. The van der Waals surface area contributed by atoms with Crippen LogP contribution in [0.4, 0.5) is 0 Å². The number of halogens is 1. The number of likely N-dealkylation sites (tertiary alicyclic amines) is 1. The number of hydrogen-bond donors (Lipinski definition) is 1. The summed E-state index contributed by atoms with van der Waals surface area (Å²) < 4.78 is 10.7. The first-order valence-electron chi connectivity index (χ1n) is 8.13. The average molecular weight is 355 g/mol. The highest BCUT2D eigenvalue weighted by Gasteiger charge is 2.19. The van der Waals surface area contributed by atoms with Crippen LogP contribution in [0.1, 0.15) is 36.5 Å². The van der Waals surface area contributed by atoms with E-state index in [1.807, 2.05) is 11.8 Å². The summed E-state index contributed by atoms with van der Waals surface area (Å²) >= 11 is 6.17. The molecule has 1 aliphatic rings. The number of carbonyl (C=O) groups excluding carboxylic acids is 2. The second kappa shape index (κ2) is 8.78. The molecule has 0 bridgehead atoms. The minimum Gasteiger partial charge on any atom is -0.493 e. The van der Waals surface area contributed by atoms with Gasteiger partial charge in [-0.25, -0.2) is 0 Å². The Morgan fingerprint density at radius 3 is 2.83 bits per heavy atom. The molecule has 1 aromatic carbocycles. The molecule has 1 aliphatic heterocycles. The van der Waals surface area contributed by atoms with Gasteiger partial charge < -0.3 is 19.7 Å². The Balaban J connectivity index is 1.89. The van der Waals surface area contributed by atoms with Gasteiger partial charge in [0, 0.05) is 31.6 Å². The van der Waals surface area contributed by atoms with Gasteiger partial charge in [-0.3, -0.25) is 9.59 Å². The summed E-state index contributed by atoms with van der Waals surface area (Å²) in [6, 6.07) is 3.17. The Bertz CT molecular complexity index is 606. The number of methoxy groups -OCH3 is 1. The van der Waals surface area contributed by atoms with Gasteiger partial charge in [0.05, 0.1) is 18.7 Å². The molecule has 2 rings (SSSR count). The van der Waals surface area contributed by atoms with E-state index in [1.54, 1.807) is 12.1 Å². The molecule has 1 aromatic rings. The summed E-state index contributed by atoms with van der Waals surface area (Å²) in [6.07, 6.45) is 2.28. The molecule has 0 aliphatic carbocycles. The van der Waals surface area contributed by atoms with Crippen molar-refractivity contribution in [1.29, 1.82) is 0 Å². The molecule has 0 aromatic heterocycles. The quantitative estimate of drug-likeness (QED) is 0.728. The van der Waals surface area contributed by atoms with E-state index in [4.69, 9.17) is 21.1 Å². The first-order valence-corrected chi connectivity index (χ1v) is 8.51. The maximum atomic E-state index is 12.2. The van der Waals surface area contributed by atoms with Gasteiger partial charge in [-0.2, -0.15) is 0 Å². The number of nitrogens with zero attached hydrogens (tertiary/aromatic N) is 1.